The lowest BCUT2D eigenvalue weighted by atomic mass is 10.2. The summed E-state index contributed by atoms with van der Waals surface area (Å²) in [5.74, 6) is 0.756. The zero-order chi connectivity index (χ0) is 15.8. The summed E-state index contributed by atoms with van der Waals surface area (Å²) >= 11 is 0. The second-order valence-electron chi connectivity index (χ2n) is 4.60. The smallest absolute Gasteiger partial charge is 0.315 e. The predicted molar refractivity (Wildman–Crippen MR) is 79.8 cm³/mol. The summed E-state index contributed by atoms with van der Waals surface area (Å²) in [5, 5.41) is 7.75. The van der Waals surface area contributed by atoms with Gasteiger partial charge in [-0.3, -0.25) is 4.79 Å². The maximum absolute atomic E-state index is 11.8. The summed E-state index contributed by atoms with van der Waals surface area (Å²) in [7, 11) is 3.04. The van der Waals surface area contributed by atoms with Crippen LogP contribution in [0.15, 0.2) is 18.2 Å². The Morgan fingerprint density at radius 3 is 2.48 bits per heavy atom. The van der Waals surface area contributed by atoms with E-state index in [1.807, 2.05) is 13.8 Å². The molecule has 0 saturated heterocycles. The fourth-order valence-electron chi connectivity index (χ4n) is 1.57. The van der Waals surface area contributed by atoms with Crippen LogP contribution in [0.1, 0.15) is 13.8 Å². The standard InChI is InChI=1S/C14H21N3O4/c1-9(2)16-14(19)15-8-13(18)17-11-6-5-10(20-3)7-12(11)21-4/h5-7,9H,8H2,1-4H3,(H,17,18)(H2,15,16,19). The van der Waals surface area contributed by atoms with Gasteiger partial charge in [0.25, 0.3) is 0 Å². The van der Waals surface area contributed by atoms with Crippen molar-refractivity contribution in [3.63, 3.8) is 0 Å². The molecule has 7 heteroatoms. The Bertz CT molecular complexity index is 503. The number of benzene rings is 1. The van der Waals surface area contributed by atoms with Gasteiger partial charge in [0.05, 0.1) is 26.5 Å². The minimum atomic E-state index is -0.387. The van der Waals surface area contributed by atoms with Crippen molar-refractivity contribution in [2.24, 2.45) is 0 Å². The Balaban J connectivity index is 2.56. The highest BCUT2D eigenvalue weighted by Gasteiger charge is 2.10. The molecular formula is C14H21N3O4. The van der Waals surface area contributed by atoms with Crippen molar-refractivity contribution < 1.29 is 19.1 Å². The van der Waals surface area contributed by atoms with Crippen molar-refractivity contribution in [1.29, 1.82) is 0 Å². The Morgan fingerprint density at radius 2 is 1.90 bits per heavy atom. The molecular weight excluding hydrogens is 274 g/mol. The molecule has 0 atom stereocenters. The van der Waals surface area contributed by atoms with Gasteiger partial charge >= 0.3 is 6.03 Å². The van der Waals surface area contributed by atoms with Gasteiger partial charge in [0.1, 0.15) is 11.5 Å². The number of carbonyl (C=O) groups is 2. The first-order chi connectivity index (χ1) is 9.96. The Morgan fingerprint density at radius 1 is 1.19 bits per heavy atom. The number of hydrogen-bond donors (Lipinski definition) is 3. The largest absolute Gasteiger partial charge is 0.497 e. The lowest BCUT2D eigenvalue weighted by molar-refractivity contribution is -0.115. The third-order valence-corrected chi connectivity index (χ3v) is 2.51. The van der Waals surface area contributed by atoms with Crippen LogP contribution in [0.4, 0.5) is 10.5 Å². The quantitative estimate of drug-likeness (QED) is 0.739. The van der Waals surface area contributed by atoms with Crippen molar-refractivity contribution in [2.75, 3.05) is 26.1 Å². The summed E-state index contributed by atoms with van der Waals surface area (Å²) in [4.78, 5) is 23.2. The first-order valence-electron chi connectivity index (χ1n) is 6.52. The molecule has 1 aromatic rings. The zero-order valence-corrected chi connectivity index (χ0v) is 12.6. The highest BCUT2D eigenvalue weighted by Crippen LogP contribution is 2.28. The van der Waals surface area contributed by atoms with E-state index in [9.17, 15) is 9.59 Å². The van der Waals surface area contributed by atoms with Crippen LogP contribution in [0.2, 0.25) is 0 Å². The van der Waals surface area contributed by atoms with Crippen LogP contribution in [0.3, 0.4) is 0 Å². The van der Waals surface area contributed by atoms with Gasteiger partial charge in [-0.1, -0.05) is 0 Å². The summed E-state index contributed by atoms with van der Waals surface area (Å²) in [6.07, 6.45) is 0. The third-order valence-electron chi connectivity index (χ3n) is 2.51. The average molecular weight is 295 g/mol. The van der Waals surface area contributed by atoms with Gasteiger partial charge in [0.15, 0.2) is 0 Å². The van der Waals surface area contributed by atoms with E-state index in [2.05, 4.69) is 16.0 Å². The minimum Gasteiger partial charge on any atom is -0.497 e. The number of anilines is 1. The molecule has 1 rings (SSSR count). The van der Waals surface area contributed by atoms with Gasteiger partial charge in [-0.05, 0) is 26.0 Å². The topological polar surface area (TPSA) is 88.7 Å². The second-order valence-corrected chi connectivity index (χ2v) is 4.60. The Hall–Kier alpha value is -2.44. The molecule has 0 aliphatic heterocycles. The normalized spacial score (nSPS) is 9.95. The highest BCUT2D eigenvalue weighted by molar-refractivity contribution is 5.95. The third kappa shape index (κ3) is 5.60. The maximum Gasteiger partial charge on any atom is 0.315 e. The number of amides is 3. The van der Waals surface area contributed by atoms with Gasteiger partial charge in [-0.2, -0.15) is 0 Å². The number of hydrogen-bond acceptors (Lipinski definition) is 4. The molecule has 0 aliphatic rings. The number of urea groups is 1. The lowest BCUT2D eigenvalue weighted by Crippen LogP contribution is -2.42. The molecule has 0 spiro atoms. The van der Waals surface area contributed by atoms with Gasteiger partial charge in [0.2, 0.25) is 5.91 Å². The van der Waals surface area contributed by atoms with Crippen molar-refractivity contribution >= 4 is 17.6 Å². The predicted octanol–water partition coefficient (Wildman–Crippen LogP) is 1.35. The molecule has 0 aliphatic carbocycles. The summed E-state index contributed by atoms with van der Waals surface area (Å²) < 4.78 is 10.2. The van der Waals surface area contributed by atoms with Gasteiger partial charge in [0, 0.05) is 12.1 Å². The summed E-state index contributed by atoms with van der Waals surface area (Å²) in [5.41, 5.74) is 0.509. The first kappa shape index (κ1) is 16.6. The number of methoxy groups -OCH3 is 2. The molecule has 3 amide bonds. The number of nitrogens with one attached hydrogen (secondary N) is 3. The molecule has 0 fully saturated rings. The van der Waals surface area contributed by atoms with E-state index in [-0.39, 0.29) is 24.5 Å². The van der Waals surface area contributed by atoms with Crippen LogP contribution in [0.5, 0.6) is 11.5 Å². The Labute approximate surface area is 124 Å². The zero-order valence-electron chi connectivity index (χ0n) is 12.6. The number of rotatable bonds is 6. The van der Waals surface area contributed by atoms with E-state index in [1.165, 1.54) is 7.11 Å². The first-order valence-corrected chi connectivity index (χ1v) is 6.52. The fraction of sp³-hybridized carbons (Fsp3) is 0.429. The molecule has 21 heavy (non-hydrogen) atoms. The SMILES string of the molecule is COc1ccc(NC(=O)CNC(=O)NC(C)C)c(OC)c1. The van der Waals surface area contributed by atoms with Crippen molar-refractivity contribution in [2.45, 2.75) is 19.9 Å². The summed E-state index contributed by atoms with van der Waals surface area (Å²) in [6.45, 7) is 3.54. The van der Waals surface area contributed by atoms with Gasteiger partial charge in [-0.15, -0.1) is 0 Å². The molecule has 3 N–H and O–H groups in total. The molecule has 1 aromatic carbocycles. The van der Waals surface area contributed by atoms with Crippen molar-refractivity contribution in [3.8, 4) is 11.5 Å². The van der Waals surface area contributed by atoms with Crippen LogP contribution in [0.25, 0.3) is 0 Å². The van der Waals surface area contributed by atoms with Crippen LogP contribution >= 0.6 is 0 Å². The molecule has 0 radical (unpaired) electrons. The lowest BCUT2D eigenvalue weighted by Gasteiger charge is -2.13. The molecule has 0 unspecified atom stereocenters. The van der Waals surface area contributed by atoms with Crippen LogP contribution < -0.4 is 25.4 Å². The van der Waals surface area contributed by atoms with Crippen LogP contribution in [0, 0.1) is 0 Å². The van der Waals surface area contributed by atoms with Gasteiger partial charge in [-0.25, -0.2) is 4.79 Å². The molecule has 0 aromatic heterocycles. The van der Waals surface area contributed by atoms with Crippen molar-refractivity contribution in [3.05, 3.63) is 18.2 Å². The minimum absolute atomic E-state index is 0.00902. The molecule has 116 valence electrons. The van der Waals surface area contributed by atoms with E-state index >= 15 is 0 Å². The monoisotopic (exact) mass is 295 g/mol. The van der Waals surface area contributed by atoms with E-state index in [4.69, 9.17) is 9.47 Å². The average Bonchev–Trinajstić information content (AvgIpc) is 2.45. The highest BCUT2D eigenvalue weighted by atomic mass is 16.5. The molecule has 0 heterocycles. The maximum atomic E-state index is 11.8. The molecule has 0 bridgehead atoms. The van der Waals surface area contributed by atoms with E-state index in [1.54, 1.807) is 25.3 Å². The van der Waals surface area contributed by atoms with E-state index in [0.29, 0.717) is 17.2 Å². The number of ether oxygens (including phenoxy) is 2. The van der Waals surface area contributed by atoms with Crippen LogP contribution in [-0.4, -0.2) is 38.7 Å². The summed E-state index contributed by atoms with van der Waals surface area (Å²) in [6, 6.07) is 4.66. The fourth-order valence-corrected chi connectivity index (χ4v) is 1.57. The molecule has 7 nitrogen and oxygen atoms in total. The van der Waals surface area contributed by atoms with Crippen molar-refractivity contribution in [1.82, 2.24) is 10.6 Å². The van der Waals surface area contributed by atoms with E-state index in [0.717, 1.165) is 0 Å². The molecule has 0 saturated carbocycles. The van der Waals surface area contributed by atoms with Gasteiger partial charge < -0.3 is 25.4 Å². The number of carbonyl (C=O) groups excluding carboxylic acids is 2. The Kier molecular flexibility index (Phi) is 6.32. The second kappa shape index (κ2) is 7.98. The van der Waals surface area contributed by atoms with Crippen LogP contribution in [-0.2, 0) is 4.79 Å². The van der Waals surface area contributed by atoms with E-state index < -0.39 is 0 Å².